The van der Waals surface area contributed by atoms with Crippen molar-refractivity contribution in [2.45, 2.75) is 26.7 Å². The molecule has 0 bridgehead atoms. The van der Waals surface area contributed by atoms with Gasteiger partial charge in [-0.05, 0) is 59.7 Å². The molecule has 0 unspecified atom stereocenters. The van der Waals surface area contributed by atoms with Gasteiger partial charge in [-0.25, -0.2) is 4.79 Å². The molecule has 0 aliphatic rings. The highest BCUT2D eigenvalue weighted by Gasteiger charge is 2.11. The molecule has 0 saturated carbocycles. The number of halogens is 1. The number of carbonyl (C=O) groups excluding carboxylic acids is 1. The fourth-order valence-electron chi connectivity index (χ4n) is 1.61. The maximum atomic E-state index is 11.6. The molecule has 0 amide bonds. The Bertz CT molecular complexity index is 497. The second kappa shape index (κ2) is 9.65. The van der Waals surface area contributed by atoms with Crippen molar-refractivity contribution in [1.82, 2.24) is 0 Å². The van der Waals surface area contributed by atoms with E-state index in [2.05, 4.69) is 29.5 Å². The molecule has 4 nitrogen and oxygen atoms in total. The second-order valence-corrected chi connectivity index (χ2v) is 5.49. The summed E-state index contributed by atoms with van der Waals surface area (Å²) < 4.78 is 16.8. The van der Waals surface area contributed by atoms with Crippen LogP contribution in [0.15, 0.2) is 24.0 Å². The van der Waals surface area contributed by atoms with Crippen molar-refractivity contribution in [2.24, 2.45) is 0 Å². The molecule has 0 atom stereocenters. The SMILES string of the molecule is CCCCOc1cc(C=C(OCC)C(=O)OC)ccc1I. The van der Waals surface area contributed by atoms with E-state index >= 15 is 0 Å². The van der Waals surface area contributed by atoms with E-state index in [1.165, 1.54) is 7.11 Å². The summed E-state index contributed by atoms with van der Waals surface area (Å²) in [6.07, 6.45) is 3.77. The van der Waals surface area contributed by atoms with E-state index in [0.29, 0.717) is 13.2 Å². The molecular formula is C16H21IO4. The second-order valence-electron chi connectivity index (χ2n) is 4.33. The van der Waals surface area contributed by atoms with Gasteiger partial charge in [-0.3, -0.25) is 0 Å². The Balaban J connectivity index is 2.95. The summed E-state index contributed by atoms with van der Waals surface area (Å²) in [6, 6.07) is 5.77. The number of hydrogen-bond donors (Lipinski definition) is 0. The van der Waals surface area contributed by atoms with E-state index in [0.717, 1.165) is 27.7 Å². The molecule has 5 heteroatoms. The van der Waals surface area contributed by atoms with Crippen molar-refractivity contribution in [3.8, 4) is 5.75 Å². The third-order valence-electron chi connectivity index (χ3n) is 2.69. The monoisotopic (exact) mass is 404 g/mol. The summed E-state index contributed by atoms with van der Waals surface area (Å²) in [4.78, 5) is 11.6. The van der Waals surface area contributed by atoms with Gasteiger partial charge < -0.3 is 14.2 Å². The summed E-state index contributed by atoms with van der Waals surface area (Å²) >= 11 is 2.23. The van der Waals surface area contributed by atoms with Gasteiger partial charge in [-0.2, -0.15) is 0 Å². The molecule has 1 aromatic rings. The Morgan fingerprint density at radius 3 is 2.71 bits per heavy atom. The van der Waals surface area contributed by atoms with Crippen molar-refractivity contribution in [1.29, 1.82) is 0 Å². The quantitative estimate of drug-likeness (QED) is 0.216. The lowest BCUT2D eigenvalue weighted by Crippen LogP contribution is -2.08. The van der Waals surface area contributed by atoms with Gasteiger partial charge in [0.2, 0.25) is 5.76 Å². The number of esters is 1. The number of methoxy groups -OCH3 is 1. The van der Waals surface area contributed by atoms with Crippen molar-refractivity contribution in [3.63, 3.8) is 0 Å². The molecule has 0 aromatic heterocycles. The molecular weight excluding hydrogens is 383 g/mol. The maximum Gasteiger partial charge on any atom is 0.373 e. The summed E-state index contributed by atoms with van der Waals surface area (Å²) in [5, 5.41) is 0. The van der Waals surface area contributed by atoms with Crippen LogP contribution in [-0.4, -0.2) is 26.3 Å². The standard InChI is InChI=1S/C16H21IO4/c1-4-6-9-21-14-10-12(7-8-13(14)17)11-15(20-5-2)16(18)19-3/h7-8,10-11H,4-6,9H2,1-3H3. The highest BCUT2D eigenvalue weighted by Crippen LogP contribution is 2.24. The first kappa shape index (κ1) is 17.8. The Morgan fingerprint density at radius 1 is 1.33 bits per heavy atom. The van der Waals surface area contributed by atoms with Crippen molar-refractivity contribution in [3.05, 3.63) is 33.1 Å². The topological polar surface area (TPSA) is 44.8 Å². The summed E-state index contributed by atoms with van der Waals surface area (Å²) in [5.41, 5.74) is 0.843. The number of unbranched alkanes of at least 4 members (excludes halogenated alkanes) is 1. The van der Waals surface area contributed by atoms with Gasteiger partial charge in [0.1, 0.15) is 5.75 Å². The summed E-state index contributed by atoms with van der Waals surface area (Å²) in [6.45, 7) is 5.04. The van der Waals surface area contributed by atoms with E-state index in [-0.39, 0.29) is 5.76 Å². The lowest BCUT2D eigenvalue weighted by atomic mass is 10.2. The number of benzene rings is 1. The first-order chi connectivity index (χ1) is 10.1. The van der Waals surface area contributed by atoms with Crippen molar-refractivity contribution in [2.75, 3.05) is 20.3 Å². The zero-order chi connectivity index (χ0) is 15.7. The third-order valence-corrected chi connectivity index (χ3v) is 3.59. The van der Waals surface area contributed by atoms with Gasteiger partial charge in [0.05, 0.1) is 23.9 Å². The fraction of sp³-hybridized carbons (Fsp3) is 0.438. The number of rotatable bonds is 8. The normalized spacial score (nSPS) is 11.1. The van der Waals surface area contributed by atoms with E-state index in [1.807, 2.05) is 25.1 Å². The minimum absolute atomic E-state index is 0.195. The Morgan fingerprint density at radius 2 is 2.10 bits per heavy atom. The van der Waals surface area contributed by atoms with Crippen LogP contribution < -0.4 is 4.74 Å². The average Bonchev–Trinajstić information content (AvgIpc) is 2.49. The predicted octanol–water partition coefficient (Wildman–Crippen LogP) is 4.02. The van der Waals surface area contributed by atoms with Gasteiger partial charge in [0.15, 0.2) is 0 Å². The van der Waals surface area contributed by atoms with Crippen LogP contribution in [0.4, 0.5) is 0 Å². The van der Waals surface area contributed by atoms with Crippen LogP contribution in [0.2, 0.25) is 0 Å². The molecule has 116 valence electrons. The molecule has 0 aliphatic carbocycles. The van der Waals surface area contributed by atoms with Gasteiger partial charge in [-0.15, -0.1) is 0 Å². The molecule has 0 saturated heterocycles. The molecule has 0 radical (unpaired) electrons. The van der Waals surface area contributed by atoms with Gasteiger partial charge in [0.25, 0.3) is 0 Å². The van der Waals surface area contributed by atoms with E-state index in [9.17, 15) is 4.79 Å². The molecule has 21 heavy (non-hydrogen) atoms. The van der Waals surface area contributed by atoms with E-state index in [1.54, 1.807) is 6.08 Å². The Kier molecular flexibility index (Phi) is 8.19. The van der Waals surface area contributed by atoms with Crippen molar-refractivity contribution < 1.29 is 19.0 Å². The highest BCUT2D eigenvalue weighted by molar-refractivity contribution is 14.1. The first-order valence-electron chi connectivity index (χ1n) is 6.97. The predicted molar refractivity (Wildman–Crippen MR) is 91.2 cm³/mol. The number of ether oxygens (including phenoxy) is 3. The fourth-order valence-corrected chi connectivity index (χ4v) is 2.10. The Labute approximate surface area is 139 Å². The van der Waals surface area contributed by atoms with E-state index < -0.39 is 5.97 Å². The van der Waals surface area contributed by atoms with Crippen LogP contribution in [0.1, 0.15) is 32.3 Å². The lowest BCUT2D eigenvalue weighted by Gasteiger charge is -2.10. The van der Waals surface area contributed by atoms with Crippen LogP contribution in [0, 0.1) is 3.57 Å². The molecule has 0 N–H and O–H groups in total. The minimum atomic E-state index is -0.483. The summed E-state index contributed by atoms with van der Waals surface area (Å²) in [5.74, 6) is 0.531. The molecule has 0 aliphatic heterocycles. The first-order valence-corrected chi connectivity index (χ1v) is 8.05. The molecule has 0 heterocycles. The summed E-state index contributed by atoms with van der Waals surface area (Å²) in [7, 11) is 1.34. The molecule has 0 fully saturated rings. The van der Waals surface area contributed by atoms with Crippen LogP contribution in [0.25, 0.3) is 6.08 Å². The maximum absolute atomic E-state index is 11.6. The van der Waals surface area contributed by atoms with Gasteiger partial charge in [0, 0.05) is 0 Å². The largest absolute Gasteiger partial charge is 0.492 e. The van der Waals surface area contributed by atoms with Crippen molar-refractivity contribution >= 4 is 34.6 Å². The minimum Gasteiger partial charge on any atom is -0.492 e. The third kappa shape index (κ3) is 5.95. The number of hydrogen-bond acceptors (Lipinski definition) is 4. The lowest BCUT2D eigenvalue weighted by molar-refractivity contribution is -0.139. The highest BCUT2D eigenvalue weighted by atomic mass is 127. The van der Waals surface area contributed by atoms with Crippen LogP contribution in [0.5, 0.6) is 5.75 Å². The van der Waals surface area contributed by atoms with Crippen LogP contribution in [-0.2, 0) is 14.3 Å². The average molecular weight is 404 g/mol. The smallest absolute Gasteiger partial charge is 0.373 e. The number of carbonyl (C=O) groups is 1. The zero-order valence-corrected chi connectivity index (χ0v) is 14.8. The van der Waals surface area contributed by atoms with Crippen LogP contribution in [0.3, 0.4) is 0 Å². The van der Waals surface area contributed by atoms with Gasteiger partial charge in [-0.1, -0.05) is 19.4 Å². The van der Waals surface area contributed by atoms with Crippen LogP contribution >= 0.6 is 22.6 Å². The molecule has 0 spiro atoms. The van der Waals surface area contributed by atoms with E-state index in [4.69, 9.17) is 14.2 Å². The molecule has 1 aromatic carbocycles. The van der Waals surface area contributed by atoms with Gasteiger partial charge >= 0.3 is 5.97 Å². The Hall–Kier alpha value is -1.24. The zero-order valence-electron chi connectivity index (χ0n) is 12.6. The molecule has 1 rings (SSSR count).